The lowest BCUT2D eigenvalue weighted by molar-refractivity contribution is -0.141. The van der Waals surface area contributed by atoms with Gasteiger partial charge in [-0.25, -0.2) is 0 Å². The predicted octanol–water partition coefficient (Wildman–Crippen LogP) is -0.520. The minimum Gasteiger partial charge on any atom is -0.465 e. The van der Waals surface area contributed by atoms with Gasteiger partial charge in [-0.15, -0.1) is 0 Å². The largest absolute Gasteiger partial charge is 0.465 e. The van der Waals surface area contributed by atoms with Crippen LogP contribution in [0.15, 0.2) is 0 Å². The van der Waals surface area contributed by atoms with Crippen molar-refractivity contribution in [3.05, 3.63) is 0 Å². The molecule has 1 rings (SSSR count). The van der Waals surface area contributed by atoms with Crippen LogP contribution < -0.4 is 4.72 Å². The number of nitrogens with one attached hydrogen (secondary N) is 1. The molecule has 1 heterocycles. The number of carbonyl (C=O) groups excluding carboxylic acids is 1. The van der Waals surface area contributed by atoms with Crippen molar-refractivity contribution in [2.45, 2.75) is 19.8 Å². The summed E-state index contributed by atoms with van der Waals surface area (Å²) in [4.78, 5) is 10.9. The fourth-order valence-electron chi connectivity index (χ4n) is 1.38. The maximum absolute atomic E-state index is 11.5. The van der Waals surface area contributed by atoms with Crippen LogP contribution in [-0.2, 0) is 19.7 Å². The molecule has 1 aliphatic heterocycles. The summed E-state index contributed by atoms with van der Waals surface area (Å²) >= 11 is 0. The van der Waals surface area contributed by atoms with E-state index < -0.39 is 16.2 Å². The molecule has 0 aromatic rings. The number of nitrogens with zero attached hydrogens (tertiary/aromatic N) is 1. The summed E-state index contributed by atoms with van der Waals surface area (Å²) in [5.74, 6) is -0.555. The van der Waals surface area contributed by atoms with Gasteiger partial charge in [0.15, 0.2) is 0 Å². The van der Waals surface area contributed by atoms with Gasteiger partial charge < -0.3 is 4.74 Å². The summed E-state index contributed by atoms with van der Waals surface area (Å²) in [7, 11) is -3.49. The second-order valence-electron chi connectivity index (χ2n) is 3.24. The second-order valence-corrected chi connectivity index (χ2v) is 4.99. The van der Waals surface area contributed by atoms with E-state index in [1.807, 2.05) is 0 Å². The third-order valence-corrected chi connectivity index (χ3v) is 3.66. The second kappa shape index (κ2) is 5.43. The van der Waals surface area contributed by atoms with Crippen molar-refractivity contribution in [3.8, 4) is 0 Å². The van der Waals surface area contributed by atoms with Crippen molar-refractivity contribution in [2.24, 2.45) is 0 Å². The van der Waals surface area contributed by atoms with Crippen LogP contribution in [0.2, 0.25) is 0 Å². The Balaban J connectivity index is 2.39. The molecule has 1 aliphatic rings. The van der Waals surface area contributed by atoms with Gasteiger partial charge in [0, 0.05) is 13.1 Å². The van der Waals surface area contributed by atoms with Gasteiger partial charge in [-0.05, 0) is 19.8 Å². The summed E-state index contributed by atoms with van der Waals surface area (Å²) in [6.45, 7) is 2.68. The predicted molar refractivity (Wildman–Crippen MR) is 54.4 cm³/mol. The summed E-state index contributed by atoms with van der Waals surface area (Å²) in [5.41, 5.74) is 0. The van der Waals surface area contributed by atoms with Crippen molar-refractivity contribution in [1.82, 2.24) is 9.03 Å². The van der Waals surface area contributed by atoms with Crippen LogP contribution in [0.1, 0.15) is 19.8 Å². The van der Waals surface area contributed by atoms with Gasteiger partial charge in [0.2, 0.25) is 0 Å². The lowest BCUT2D eigenvalue weighted by atomic mass is 10.4. The van der Waals surface area contributed by atoms with Crippen molar-refractivity contribution in [1.29, 1.82) is 0 Å². The Morgan fingerprint density at radius 2 is 2.00 bits per heavy atom. The highest BCUT2D eigenvalue weighted by atomic mass is 32.2. The molecule has 0 atom stereocenters. The van der Waals surface area contributed by atoms with Crippen molar-refractivity contribution >= 4 is 16.2 Å². The standard InChI is InChI=1S/C8H16N2O4S/c1-2-14-8(11)7-9-15(12,13)10-5-3-4-6-10/h9H,2-7H2,1H3. The maximum atomic E-state index is 11.5. The van der Waals surface area contributed by atoms with Gasteiger partial charge in [-0.3, -0.25) is 4.79 Å². The zero-order valence-electron chi connectivity index (χ0n) is 8.73. The first-order chi connectivity index (χ1) is 7.06. The highest BCUT2D eigenvalue weighted by molar-refractivity contribution is 7.87. The highest BCUT2D eigenvalue weighted by Gasteiger charge is 2.25. The Hall–Kier alpha value is -0.660. The third-order valence-electron chi connectivity index (χ3n) is 2.11. The molecule has 1 N–H and O–H groups in total. The zero-order valence-corrected chi connectivity index (χ0v) is 9.55. The topological polar surface area (TPSA) is 75.7 Å². The van der Waals surface area contributed by atoms with Crippen molar-refractivity contribution < 1.29 is 17.9 Å². The molecule has 0 aliphatic carbocycles. The van der Waals surface area contributed by atoms with E-state index in [2.05, 4.69) is 9.46 Å². The lowest BCUT2D eigenvalue weighted by Crippen LogP contribution is -2.41. The Morgan fingerprint density at radius 1 is 1.40 bits per heavy atom. The average molecular weight is 236 g/mol. The average Bonchev–Trinajstić information content (AvgIpc) is 2.69. The van der Waals surface area contributed by atoms with Gasteiger partial charge >= 0.3 is 5.97 Å². The third kappa shape index (κ3) is 3.77. The lowest BCUT2D eigenvalue weighted by Gasteiger charge is -2.15. The van der Waals surface area contributed by atoms with E-state index >= 15 is 0 Å². The number of hydrogen-bond donors (Lipinski definition) is 1. The van der Waals surface area contributed by atoms with E-state index in [-0.39, 0.29) is 13.2 Å². The molecule has 0 unspecified atom stereocenters. The number of esters is 1. The normalized spacial score (nSPS) is 17.9. The summed E-state index contributed by atoms with van der Waals surface area (Å²) in [6.07, 6.45) is 1.75. The van der Waals surface area contributed by atoms with E-state index in [0.717, 1.165) is 12.8 Å². The number of carbonyl (C=O) groups is 1. The fraction of sp³-hybridized carbons (Fsp3) is 0.875. The highest BCUT2D eigenvalue weighted by Crippen LogP contribution is 2.10. The van der Waals surface area contributed by atoms with E-state index in [1.54, 1.807) is 6.92 Å². The van der Waals surface area contributed by atoms with E-state index in [0.29, 0.717) is 13.1 Å². The van der Waals surface area contributed by atoms with Crippen LogP contribution in [0, 0.1) is 0 Å². The maximum Gasteiger partial charge on any atom is 0.321 e. The molecule has 1 saturated heterocycles. The Bertz CT molecular complexity index is 309. The van der Waals surface area contributed by atoms with Crippen molar-refractivity contribution in [2.75, 3.05) is 26.2 Å². The first-order valence-corrected chi connectivity index (χ1v) is 6.40. The van der Waals surface area contributed by atoms with Crippen LogP contribution in [0.25, 0.3) is 0 Å². The Morgan fingerprint density at radius 3 is 2.53 bits per heavy atom. The molecular weight excluding hydrogens is 220 g/mol. The molecule has 1 fully saturated rings. The molecule has 0 aromatic carbocycles. The monoisotopic (exact) mass is 236 g/mol. The molecule has 0 radical (unpaired) electrons. The fourth-order valence-corrected chi connectivity index (χ4v) is 2.60. The van der Waals surface area contributed by atoms with Gasteiger partial charge in [-0.2, -0.15) is 17.4 Å². The number of rotatable bonds is 5. The molecule has 0 saturated carbocycles. The summed E-state index contributed by atoms with van der Waals surface area (Å²) in [5, 5.41) is 0. The molecule has 0 amide bonds. The first kappa shape index (κ1) is 12.4. The molecule has 0 spiro atoms. The van der Waals surface area contributed by atoms with Crippen LogP contribution >= 0.6 is 0 Å². The molecule has 88 valence electrons. The van der Waals surface area contributed by atoms with Crippen molar-refractivity contribution in [3.63, 3.8) is 0 Å². The van der Waals surface area contributed by atoms with Crippen LogP contribution in [0.5, 0.6) is 0 Å². The quantitative estimate of drug-likeness (QED) is 0.652. The molecule has 7 heteroatoms. The van der Waals surface area contributed by atoms with Gasteiger partial charge in [0.25, 0.3) is 10.2 Å². The summed E-state index contributed by atoms with van der Waals surface area (Å²) in [6, 6.07) is 0. The zero-order chi connectivity index (χ0) is 11.3. The van der Waals surface area contributed by atoms with E-state index in [9.17, 15) is 13.2 Å². The van der Waals surface area contributed by atoms with Gasteiger partial charge in [-0.1, -0.05) is 0 Å². The Kier molecular flexibility index (Phi) is 4.49. The molecular formula is C8H16N2O4S. The molecule has 15 heavy (non-hydrogen) atoms. The van der Waals surface area contributed by atoms with Crippen LogP contribution in [0.3, 0.4) is 0 Å². The van der Waals surface area contributed by atoms with E-state index in [4.69, 9.17) is 0 Å². The number of ether oxygens (including phenoxy) is 1. The minimum atomic E-state index is -3.49. The summed E-state index contributed by atoms with van der Waals surface area (Å²) < 4.78 is 31.3. The van der Waals surface area contributed by atoms with Crippen LogP contribution in [-0.4, -0.2) is 44.9 Å². The van der Waals surface area contributed by atoms with Gasteiger partial charge in [0.1, 0.15) is 6.54 Å². The SMILES string of the molecule is CCOC(=O)CNS(=O)(=O)N1CCCC1. The molecule has 0 bridgehead atoms. The Labute approximate surface area is 89.8 Å². The smallest absolute Gasteiger partial charge is 0.321 e. The number of hydrogen-bond acceptors (Lipinski definition) is 4. The van der Waals surface area contributed by atoms with E-state index in [1.165, 1.54) is 4.31 Å². The van der Waals surface area contributed by atoms with Crippen LogP contribution in [0.4, 0.5) is 0 Å². The first-order valence-electron chi connectivity index (χ1n) is 4.96. The minimum absolute atomic E-state index is 0.254. The molecule has 6 nitrogen and oxygen atoms in total. The molecule has 0 aromatic heterocycles. The van der Waals surface area contributed by atoms with Gasteiger partial charge in [0.05, 0.1) is 6.61 Å².